The summed E-state index contributed by atoms with van der Waals surface area (Å²) in [5.74, 6) is 0.746. The molecule has 19 heavy (non-hydrogen) atoms. The first-order chi connectivity index (χ1) is 9.19. The standard InChI is InChI=1S/C13H9BrClFN2S/c14-9-4-12-11(5-10(9)16)17-13(6-15)18(12)7-8-2-1-3-19-8/h1-5H,6-7H2. The van der Waals surface area contributed by atoms with Crippen molar-refractivity contribution >= 4 is 49.9 Å². The third-order valence-electron chi connectivity index (χ3n) is 2.88. The fraction of sp³-hybridized carbons (Fsp3) is 0.154. The van der Waals surface area contributed by atoms with Crippen LogP contribution in [-0.2, 0) is 12.4 Å². The number of nitrogens with zero attached hydrogens (tertiary/aromatic N) is 2. The first-order valence-corrected chi connectivity index (χ1v) is 7.82. The molecule has 0 N–H and O–H groups in total. The van der Waals surface area contributed by atoms with Gasteiger partial charge in [0.05, 0.1) is 27.9 Å². The molecule has 3 aromatic rings. The summed E-state index contributed by atoms with van der Waals surface area (Å²) in [7, 11) is 0. The van der Waals surface area contributed by atoms with Crippen molar-refractivity contribution in [3.63, 3.8) is 0 Å². The van der Waals surface area contributed by atoms with Crippen LogP contribution in [-0.4, -0.2) is 9.55 Å². The van der Waals surface area contributed by atoms with Gasteiger partial charge in [0.2, 0.25) is 0 Å². The Kier molecular flexibility index (Phi) is 3.60. The van der Waals surface area contributed by atoms with Gasteiger partial charge in [0.25, 0.3) is 0 Å². The summed E-state index contributed by atoms with van der Waals surface area (Å²) < 4.78 is 16.0. The molecular weight excluding hydrogens is 351 g/mol. The highest BCUT2D eigenvalue weighted by Crippen LogP contribution is 2.26. The van der Waals surface area contributed by atoms with Gasteiger partial charge < -0.3 is 4.57 Å². The van der Waals surface area contributed by atoms with E-state index in [9.17, 15) is 4.39 Å². The molecule has 0 bridgehead atoms. The zero-order valence-electron chi connectivity index (χ0n) is 9.74. The SMILES string of the molecule is Fc1cc2nc(CCl)n(Cc3cccs3)c2cc1Br. The predicted octanol–water partition coefficient (Wildman–Crippen LogP) is 4.79. The van der Waals surface area contributed by atoms with E-state index in [1.165, 1.54) is 10.9 Å². The van der Waals surface area contributed by atoms with Crippen molar-refractivity contribution in [3.05, 3.63) is 50.6 Å². The lowest BCUT2D eigenvalue weighted by Crippen LogP contribution is -2.02. The maximum absolute atomic E-state index is 13.5. The van der Waals surface area contributed by atoms with Gasteiger partial charge in [0.15, 0.2) is 0 Å². The maximum atomic E-state index is 13.5. The van der Waals surface area contributed by atoms with Gasteiger partial charge >= 0.3 is 0 Å². The Morgan fingerprint density at radius 1 is 1.42 bits per heavy atom. The predicted molar refractivity (Wildman–Crippen MR) is 80.4 cm³/mol. The van der Waals surface area contributed by atoms with Crippen LogP contribution in [0.25, 0.3) is 11.0 Å². The number of rotatable bonds is 3. The minimum Gasteiger partial charge on any atom is -0.322 e. The molecular formula is C13H9BrClFN2S. The molecule has 6 heteroatoms. The van der Waals surface area contributed by atoms with Gasteiger partial charge in [-0.1, -0.05) is 6.07 Å². The van der Waals surface area contributed by atoms with Crippen LogP contribution in [0.15, 0.2) is 34.1 Å². The van der Waals surface area contributed by atoms with Crippen molar-refractivity contribution in [1.29, 1.82) is 0 Å². The molecule has 2 nitrogen and oxygen atoms in total. The van der Waals surface area contributed by atoms with E-state index in [0.29, 0.717) is 22.4 Å². The molecule has 98 valence electrons. The first kappa shape index (κ1) is 13.1. The molecule has 0 aliphatic heterocycles. The average molecular weight is 360 g/mol. The number of benzene rings is 1. The number of aromatic nitrogens is 2. The molecule has 0 spiro atoms. The third kappa shape index (κ3) is 2.42. The molecule has 0 aliphatic carbocycles. The van der Waals surface area contributed by atoms with Crippen LogP contribution in [0.3, 0.4) is 0 Å². The topological polar surface area (TPSA) is 17.8 Å². The summed E-state index contributed by atoms with van der Waals surface area (Å²) in [6, 6.07) is 7.25. The van der Waals surface area contributed by atoms with Crippen molar-refractivity contribution in [3.8, 4) is 0 Å². The molecule has 0 radical (unpaired) electrons. The van der Waals surface area contributed by atoms with Crippen molar-refractivity contribution in [2.45, 2.75) is 12.4 Å². The largest absolute Gasteiger partial charge is 0.322 e. The Morgan fingerprint density at radius 3 is 2.95 bits per heavy atom. The van der Waals surface area contributed by atoms with E-state index < -0.39 is 0 Å². The monoisotopic (exact) mass is 358 g/mol. The molecule has 1 aromatic carbocycles. The normalized spacial score (nSPS) is 11.3. The lowest BCUT2D eigenvalue weighted by Gasteiger charge is -2.06. The zero-order chi connectivity index (χ0) is 13.4. The van der Waals surface area contributed by atoms with E-state index in [1.807, 2.05) is 16.0 Å². The molecule has 0 amide bonds. The smallest absolute Gasteiger partial charge is 0.139 e. The van der Waals surface area contributed by atoms with E-state index in [2.05, 4.69) is 27.0 Å². The Morgan fingerprint density at radius 2 is 2.26 bits per heavy atom. The van der Waals surface area contributed by atoms with Crippen molar-refractivity contribution in [2.24, 2.45) is 0 Å². The van der Waals surface area contributed by atoms with E-state index >= 15 is 0 Å². The van der Waals surface area contributed by atoms with Gasteiger partial charge in [-0.25, -0.2) is 9.37 Å². The van der Waals surface area contributed by atoms with Gasteiger partial charge in [-0.15, -0.1) is 22.9 Å². The van der Waals surface area contributed by atoms with Gasteiger partial charge in [-0.2, -0.15) is 0 Å². The molecule has 0 fully saturated rings. The Bertz CT molecular complexity index is 724. The highest BCUT2D eigenvalue weighted by atomic mass is 79.9. The second kappa shape index (κ2) is 5.23. The second-order valence-electron chi connectivity index (χ2n) is 4.08. The lowest BCUT2D eigenvalue weighted by molar-refractivity contribution is 0.622. The van der Waals surface area contributed by atoms with Gasteiger partial charge in [-0.3, -0.25) is 0 Å². The quantitative estimate of drug-likeness (QED) is 0.615. The minimum absolute atomic E-state index is 0.305. The van der Waals surface area contributed by atoms with E-state index in [1.54, 1.807) is 17.4 Å². The molecule has 0 saturated carbocycles. The van der Waals surface area contributed by atoms with Crippen LogP contribution in [0.4, 0.5) is 4.39 Å². The van der Waals surface area contributed by atoms with Crippen LogP contribution in [0.1, 0.15) is 10.7 Å². The number of imidazole rings is 1. The molecule has 0 saturated heterocycles. The number of alkyl halides is 1. The molecule has 0 unspecified atom stereocenters. The number of hydrogen-bond acceptors (Lipinski definition) is 2. The molecule has 0 aliphatic rings. The lowest BCUT2D eigenvalue weighted by atomic mass is 10.3. The van der Waals surface area contributed by atoms with Crippen LogP contribution in [0.5, 0.6) is 0 Å². The molecule has 3 rings (SSSR count). The average Bonchev–Trinajstić information content (AvgIpc) is 3.00. The molecule has 2 heterocycles. The summed E-state index contributed by atoms with van der Waals surface area (Å²) in [6.07, 6.45) is 0. The van der Waals surface area contributed by atoms with E-state index in [0.717, 1.165) is 11.3 Å². The minimum atomic E-state index is -0.311. The zero-order valence-corrected chi connectivity index (χ0v) is 12.9. The first-order valence-electron chi connectivity index (χ1n) is 5.61. The Labute approximate surface area is 127 Å². The van der Waals surface area contributed by atoms with Crippen LogP contribution in [0, 0.1) is 5.82 Å². The summed E-state index contributed by atoms with van der Waals surface area (Å²) in [5, 5.41) is 2.03. The van der Waals surface area contributed by atoms with Gasteiger partial charge in [-0.05, 0) is 33.4 Å². The fourth-order valence-corrected chi connectivity index (χ4v) is 3.23. The second-order valence-corrected chi connectivity index (χ2v) is 6.24. The molecule has 2 aromatic heterocycles. The highest BCUT2D eigenvalue weighted by molar-refractivity contribution is 9.10. The fourth-order valence-electron chi connectivity index (χ4n) is 2.01. The van der Waals surface area contributed by atoms with Gasteiger partial charge in [0, 0.05) is 10.9 Å². The number of fused-ring (bicyclic) bond motifs is 1. The molecule has 0 atom stereocenters. The van der Waals surface area contributed by atoms with Crippen LogP contribution < -0.4 is 0 Å². The summed E-state index contributed by atoms with van der Waals surface area (Å²) in [6.45, 7) is 0.703. The summed E-state index contributed by atoms with van der Waals surface area (Å²) in [4.78, 5) is 5.60. The third-order valence-corrected chi connectivity index (χ3v) is 4.59. The Balaban J connectivity index is 2.17. The maximum Gasteiger partial charge on any atom is 0.139 e. The number of hydrogen-bond donors (Lipinski definition) is 0. The van der Waals surface area contributed by atoms with Crippen LogP contribution >= 0.6 is 38.9 Å². The van der Waals surface area contributed by atoms with E-state index in [4.69, 9.17) is 11.6 Å². The van der Waals surface area contributed by atoms with E-state index in [-0.39, 0.29) is 5.82 Å². The van der Waals surface area contributed by atoms with Crippen molar-refractivity contribution in [2.75, 3.05) is 0 Å². The summed E-state index contributed by atoms with van der Waals surface area (Å²) in [5.41, 5.74) is 1.52. The highest BCUT2D eigenvalue weighted by Gasteiger charge is 2.13. The van der Waals surface area contributed by atoms with Crippen LogP contribution in [0.2, 0.25) is 0 Å². The summed E-state index contributed by atoms with van der Waals surface area (Å²) >= 11 is 10.8. The van der Waals surface area contributed by atoms with Crippen molar-refractivity contribution < 1.29 is 4.39 Å². The van der Waals surface area contributed by atoms with Gasteiger partial charge in [0.1, 0.15) is 11.6 Å². The van der Waals surface area contributed by atoms with Crippen molar-refractivity contribution in [1.82, 2.24) is 9.55 Å². The number of thiophene rings is 1. The number of halogens is 3. The Hall–Kier alpha value is -0.910.